The van der Waals surface area contributed by atoms with Crippen LogP contribution in [0, 0.1) is 5.82 Å². The van der Waals surface area contributed by atoms with E-state index >= 15 is 0 Å². The lowest BCUT2D eigenvalue weighted by Crippen LogP contribution is -2.32. The van der Waals surface area contributed by atoms with E-state index in [1.807, 2.05) is 6.07 Å². The molecule has 1 aromatic rings. The molecule has 1 amide bonds. The van der Waals surface area contributed by atoms with Gasteiger partial charge >= 0.3 is 6.09 Å². The number of amides is 1. The maximum Gasteiger partial charge on any atom is 0.414 e. The van der Waals surface area contributed by atoms with Crippen LogP contribution < -0.4 is 15.5 Å². The van der Waals surface area contributed by atoms with Gasteiger partial charge in [0.2, 0.25) is 0 Å². The van der Waals surface area contributed by atoms with E-state index in [9.17, 15) is 9.18 Å². The standard InChI is InChI=1S/C17H22FN3O2S/c1-11(24)20-9-14-10-21(17(22)23-14)13-2-3-15(16(18)8-13)12-4-6-19-7-5-12/h2-3,8,12,14,19H,4-7,9-10H2,1H3,(H,20,24). The van der Waals surface area contributed by atoms with Gasteiger partial charge < -0.3 is 15.4 Å². The number of ether oxygens (including phenoxy) is 1. The van der Waals surface area contributed by atoms with E-state index in [0.29, 0.717) is 23.8 Å². The monoisotopic (exact) mass is 351 g/mol. The maximum absolute atomic E-state index is 14.5. The lowest BCUT2D eigenvalue weighted by atomic mass is 9.89. The Bertz CT molecular complexity index is 634. The van der Waals surface area contributed by atoms with Gasteiger partial charge in [-0.05, 0) is 56.5 Å². The van der Waals surface area contributed by atoms with Gasteiger partial charge in [0.1, 0.15) is 11.9 Å². The van der Waals surface area contributed by atoms with Crippen molar-refractivity contribution in [2.75, 3.05) is 31.1 Å². The number of hydrogen-bond donors (Lipinski definition) is 2. The van der Waals surface area contributed by atoms with Crippen molar-refractivity contribution in [3.63, 3.8) is 0 Å². The van der Waals surface area contributed by atoms with Crippen LogP contribution in [0.5, 0.6) is 0 Å². The molecule has 0 bridgehead atoms. The Balaban J connectivity index is 1.69. The molecule has 2 heterocycles. The van der Waals surface area contributed by atoms with Crippen molar-refractivity contribution >= 4 is 29.0 Å². The Labute approximate surface area is 146 Å². The van der Waals surface area contributed by atoms with Gasteiger partial charge in [0.15, 0.2) is 0 Å². The summed E-state index contributed by atoms with van der Waals surface area (Å²) in [4.78, 5) is 14.2. The molecule has 0 aliphatic carbocycles. The van der Waals surface area contributed by atoms with Crippen molar-refractivity contribution in [3.05, 3.63) is 29.6 Å². The van der Waals surface area contributed by atoms with E-state index in [1.165, 1.54) is 11.0 Å². The lowest BCUT2D eigenvalue weighted by Gasteiger charge is -2.24. The SMILES string of the molecule is CC(=S)NCC1CN(c2ccc(C3CCNCC3)c(F)c2)C(=O)O1. The summed E-state index contributed by atoms with van der Waals surface area (Å²) >= 11 is 4.96. The average molecular weight is 351 g/mol. The van der Waals surface area contributed by atoms with E-state index in [0.717, 1.165) is 31.5 Å². The van der Waals surface area contributed by atoms with Crippen LogP contribution in [0.4, 0.5) is 14.9 Å². The molecule has 2 fully saturated rings. The van der Waals surface area contributed by atoms with Crippen LogP contribution in [0.1, 0.15) is 31.2 Å². The first-order valence-corrected chi connectivity index (χ1v) is 8.68. The molecule has 2 aliphatic heterocycles. The molecule has 1 atom stereocenters. The molecule has 1 unspecified atom stereocenters. The summed E-state index contributed by atoms with van der Waals surface area (Å²) in [6.45, 7) is 4.46. The Morgan fingerprint density at radius 3 is 2.88 bits per heavy atom. The zero-order valence-electron chi connectivity index (χ0n) is 13.7. The normalized spacial score (nSPS) is 21.7. The fourth-order valence-electron chi connectivity index (χ4n) is 3.24. The second-order valence-corrected chi connectivity index (χ2v) is 6.90. The first-order chi connectivity index (χ1) is 11.5. The molecular weight excluding hydrogens is 329 g/mol. The molecular formula is C17H22FN3O2S. The van der Waals surface area contributed by atoms with Crippen molar-refractivity contribution in [3.8, 4) is 0 Å². The summed E-state index contributed by atoms with van der Waals surface area (Å²) in [5, 5.41) is 6.27. The number of hydrogen-bond acceptors (Lipinski definition) is 4. The smallest absolute Gasteiger partial charge is 0.414 e. The van der Waals surface area contributed by atoms with Crippen molar-refractivity contribution in [1.82, 2.24) is 10.6 Å². The topological polar surface area (TPSA) is 53.6 Å². The molecule has 24 heavy (non-hydrogen) atoms. The van der Waals surface area contributed by atoms with Gasteiger partial charge in [-0.1, -0.05) is 18.3 Å². The molecule has 7 heteroatoms. The Kier molecular flexibility index (Phi) is 5.30. The lowest BCUT2D eigenvalue weighted by molar-refractivity contribution is 0.143. The minimum Gasteiger partial charge on any atom is -0.442 e. The fourth-order valence-corrected chi connectivity index (χ4v) is 3.33. The summed E-state index contributed by atoms with van der Waals surface area (Å²) in [7, 11) is 0. The van der Waals surface area contributed by atoms with Crippen LogP contribution in [-0.4, -0.2) is 43.4 Å². The minimum absolute atomic E-state index is 0.244. The van der Waals surface area contributed by atoms with E-state index < -0.39 is 6.09 Å². The van der Waals surface area contributed by atoms with Crippen LogP contribution in [0.25, 0.3) is 0 Å². The number of carbonyl (C=O) groups is 1. The number of rotatable bonds is 4. The second kappa shape index (κ2) is 7.44. The zero-order valence-corrected chi connectivity index (χ0v) is 14.5. The largest absolute Gasteiger partial charge is 0.442 e. The third-order valence-electron chi connectivity index (χ3n) is 4.53. The highest BCUT2D eigenvalue weighted by molar-refractivity contribution is 7.80. The number of halogens is 1. The van der Waals surface area contributed by atoms with E-state index in [-0.39, 0.29) is 17.8 Å². The Hall–Kier alpha value is -1.73. The molecule has 130 valence electrons. The summed E-state index contributed by atoms with van der Waals surface area (Å²) in [5.74, 6) is -0.00291. The number of nitrogens with zero attached hydrogens (tertiary/aromatic N) is 1. The van der Waals surface area contributed by atoms with Gasteiger partial charge in [-0.2, -0.15) is 0 Å². The van der Waals surface area contributed by atoms with Gasteiger partial charge in [-0.3, -0.25) is 4.90 Å². The molecule has 3 rings (SSSR count). The number of carbonyl (C=O) groups excluding carboxylic acids is 1. The van der Waals surface area contributed by atoms with Crippen LogP contribution >= 0.6 is 12.2 Å². The second-order valence-electron chi connectivity index (χ2n) is 6.28. The quantitative estimate of drug-likeness (QED) is 0.817. The van der Waals surface area contributed by atoms with Crippen LogP contribution in [0.2, 0.25) is 0 Å². The molecule has 0 radical (unpaired) electrons. The summed E-state index contributed by atoms with van der Waals surface area (Å²) in [6.07, 6.45) is 1.14. The van der Waals surface area contributed by atoms with E-state index in [2.05, 4.69) is 10.6 Å². The third kappa shape index (κ3) is 3.84. The van der Waals surface area contributed by atoms with Gasteiger partial charge in [-0.25, -0.2) is 9.18 Å². The van der Waals surface area contributed by atoms with Gasteiger partial charge in [0.05, 0.1) is 23.8 Å². The molecule has 2 aliphatic rings. The van der Waals surface area contributed by atoms with Gasteiger partial charge in [-0.15, -0.1) is 0 Å². The molecule has 1 aromatic carbocycles. The van der Waals surface area contributed by atoms with E-state index in [1.54, 1.807) is 13.0 Å². The number of thiocarbonyl (C=S) groups is 1. The molecule has 2 N–H and O–H groups in total. The number of piperidine rings is 1. The van der Waals surface area contributed by atoms with E-state index in [4.69, 9.17) is 17.0 Å². The highest BCUT2D eigenvalue weighted by Gasteiger charge is 2.32. The zero-order chi connectivity index (χ0) is 17.1. The van der Waals surface area contributed by atoms with Crippen LogP contribution in [0.3, 0.4) is 0 Å². The molecule has 5 nitrogen and oxygen atoms in total. The average Bonchev–Trinajstić information content (AvgIpc) is 2.94. The Morgan fingerprint density at radius 2 is 2.21 bits per heavy atom. The summed E-state index contributed by atoms with van der Waals surface area (Å²) in [5.41, 5.74) is 1.28. The highest BCUT2D eigenvalue weighted by Crippen LogP contribution is 2.31. The summed E-state index contributed by atoms with van der Waals surface area (Å²) < 4.78 is 19.8. The molecule has 0 spiro atoms. The van der Waals surface area contributed by atoms with Crippen molar-refractivity contribution in [2.24, 2.45) is 0 Å². The number of nitrogens with one attached hydrogen (secondary N) is 2. The molecule has 0 saturated carbocycles. The Morgan fingerprint density at radius 1 is 1.46 bits per heavy atom. The first kappa shape index (κ1) is 17.1. The highest BCUT2D eigenvalue weighted by atomic mass is 32.1. The van der Waals surface area contributed by atoms with Gasteiger partial charge in [0, 0.05) is 0 Å². The van der Waals surface area contributed by atoms with Crippen molar-refractivity contribution in [2.45, 2.75) is 31.8 Å². The molecule has 2 saturated heterocycles. The molecule has 0 aromatic heterocycles. The number of cyclic esters (lactones) is 1. The number of benzene rings is 1. The van der Waals surface area contributed by atoms with Crippen LogP contribution in [0.15, 0.2) is 18.2 Å². The van der Waals surface area contributed by atoms with Crippen LogP contribution in [-0.2, 0) is 4.74 Å². The minimum atomic E-state index is -0.446. The summed E-state index contributed by atoms with van der Waals surface area (Å²) in [6, 6.07) is 5.06. The van der Waals surface area contributed by atoms with Crippen molar-refractivity contribution in [1.29, 1.82) is 0 Å². The predicted molar refractivity (Wildman–Crippen MR) is 95.1 cm³/mol. The third-order valence-corrected chi connectivity index (χ3v) is 4.67. The maximum atomic E-state index is 14.5. The van der Waals surface area contributed by atoms with Crippen molar-refractivity contribution < 1.29 is 13.9 Å². The first-order valence-electron chi connectivity index (χ1n) is 8.27. The number of anilines is 1. The van der Waals surface area contributed by atoms with Gasteiger partial charge in [0.25, 0.3) is 0 Å². The predicted octanol–water partition coefficient (Wildman–Crippen LogP) is 2.55. The fraction of sp³-hybridized carbons (Fsp3) is 0.529.